The van der Waals surface area contributed by atoms with Crippen LogP contribution in [0.4, 0.5) is 11.4 Å². The van der Waals surface area contributed by atoms with Crippen molar-refractivity contribution in [2.75, 3.05) is 17.6 Å². The molecule has 2 aromatic rings. The highest BCUT2D eigenvalue weighted by Crippen LogP contribution is 2.19. The Bertz CT molecular complexity index is 553. The highest BCUT2D eigenvalue weighted by atomic mass is 16.4. The van der Waals surface area contributed by atoms with Crippen LogP contribution in [0.1, 0.15) is 16.8 Å². The van der Waals surface area contributed by atoms with Crippen LogP contribution in [0.3, 0.4) is 0 Å². The normalized spacial score (nSPS) is 10.3. The first-order chi connectivity index (χ1) is 9.16. The van der Waals surface area contributed by atoms with E-state index in [9.17, 15) is 4.79 Å². The summed E-state index contributed by atoms with van der Waals surface area (Å²) in [6, 6.07) is 4.61. The summed E-state index contributed by atoms with van der Waals surface area (Å²) in [5.41, 5.74) is 7.17. The second kappa shape index (κ2) is 5.85. The number of benzene rings is 1. The summed E-state index contributed by atoms with van der Waals surface area (Å²) in [6.45, 7) is 1.42. The summed E-state index contributed by atoms with van der Waals surface area (Å²) < 4.78 is 1.73. The van der Waals surface area contributed by atoms with Gasteiger partial charge in [0.05, 0.1) is 23.1 Å². The maximum absolute atomic E-state index is 10.9. The Hall–Kier alpha value is -2.57. The van der Waals surface area contributed by atoms with Crippen LogP contribution in [0.5, 0.6) is 0 Å². The van der Waals surface area contributed by atoms with Crippen molar-refractivity contribution in [1.82, 2.24) is 15.0 Å². The number of nitrogens with zero attached hydrogens (tertiary/aromatic N) is 3. The average Bonchev–Trinajstić information content (AvgIpc) is 2.89. The van der Waals surface area contributed by atoms with Gasteiger partial charge in [0.15, 0.2) is 0 Å². The third kappa shape index (κ3) is 3.44. The van der Waals surface area contributed by atoms with Gasteiger partial charge in [-0.15, -0.1) is 5.10 Å². The molecule has 0 saturated heterocycles. The number of carboxylic acid groups (broad SMARTS) is 1. The molecule has 0 aliphatic carbocycles. The molecule has 1 aromatic heterocycles. The first-order valence-electron chi connectivity index (χ1n) is 5.87. The van der Waals surface area contributed by atoms with Gasteiger partial charge in [-0.1, -0.05) is 5.21 Å². The van der Waals surface area contributed by atoms with Crippen LogP contribution >= 0.6 is 0 Å². The molecule has 0 aliphatic rings. The van der Waals surface area contributed by atoms with Crippen LogP contribution in [0, 0.1) is 0 Å². The highest BCUT2D eigenvalue weighted by molar-refractivity contribution is 5.90. The van der Waals surface area contributed by atoms with Gasteiger partial charge in [0.25, 0.3) is 0 Å². The molecule has 0 aliphatic heterocycles. The van der Waals surface area contributed by atoms with Crippen LogP contribution in [0.25, 0.3) is 0 Å². The molecule has 0 fully saturated rings. The van der Waals surface area contributed by atoms with Gasteiger partial charge >= 0.3 is 5.97 Å². The molecule has 0 bridgehead atoms. The lowest BCUT2D eigenvalue weighted by atomic mass is 10.1. The van der Waals surface area contributed by atoms with Crippen molar-refractivity contribution in [1.29, 1.82) is 0 Å². The van der Waals surface area contributed by atoms with Gasteiger partial charge in [0.2, 0.25) is 0 Å². The van der Waals surface area contributed by atoms with Crippen LogP contribution < -0.4 is 11.1 Å². The van der Waals surface area contributed by atoms with Crippen LogP contribution in [0.15, 0.2) is 30.6 Å². The molecule has 0 amide bonds. The molecule has 7 nitrogen and oxygen atoms in total. The van der Waals surface area contributed by atoms with E-state index in [1.54, 1.807) is 23.1 Å². The van der Waals surface area contributed by atoms with E-state index >= 15 is 0 Å². The van der Waals surface area contributed by atoms with Gasteiger partial charge in [-0.25, -0.2) is 4.79 Å². The molecule has 0 saturated carbocycles. The van der Waals surface area contributed by atoms with Gasteiger partial charge < -0.3 is 16.2 Å². The maximum atomic E-state index is 10.9. The minimum atomic E-state index is -0.967. The lowest BCUT2D eigenvalue weighted by Gasteiger charge is -2.10. The number of aromatic nitrogens is 3. The first-order valence-corrected chi connectivity index (χ1v) is 5.87. The van der Waals surface area contributed by atoms with Crippen LogP contribution in [-0.2, 0) is 6.54 Å². The first kappa shape index (κ1) is 12.9. The fourth-order valence-corrected chi connectivity index (χ4v) is 1.66. The zero-order valence-corrected chi connectivity index (χ0v) is 10.3. The lowest BCUT2D eigenvalue weighted by Crippen LogP contribution is -2.09. The number of rotatable bonds is 6. The van der Waals surface area contributed by atoms with Crippen molar-refractivity contribution in [3.8, 4) is 0 Å². The van der Waals surface area contributed by atoms with E-state index in [0.29, 0.717) is 17.9 Å². The minimum absolute atomic E-state index is 0.216. The summed E-state index contributed by atoms with van der Waals surface area (Å²) in [5, 5.41) is 19.6. The van der Waals surface area contributed by atoms with Crippen molar-refractivity contribution < 1.29 is 9.90 Å². The number of hydrogen-bond acceptors (Lipinski definition) is 5. The monoisotopic (exact) mass is 261 g/mol. The fraction of sp³-hybridized carbons (Fsp3) is 0.250. The highest BCUT2D eigenvalue weighted by Gasteiger charge is 2.06. The third-order valence-corrected chi connectivity index (χ3v) is 2.65. The number of anilines is 2. The molecule has 1 aromatic carbocycles. The zero-order valence-electron chi connectivity index (χ0n) is 10.3. The second-order valence-corrected chi connectivity index (χ2v) is 4.05. The van der Waals surface area contributed by atoms with Gasteiger partial charge in [-0.3, -0.25) is 4.68 Å². The molecule has 0 radical (unpaired) electrons. The Morgan fingerprint density at radius 3 is 3.00 bits per heavy atom. The second-order valence-electron chi connectivity index (χ2n) is 4.05. The quantitative estimate of drug-likeness (QED) is 0.530. The number of nitrogens with one attached hydrogen (secondary N) is 1. The van der Waals surface area contributed by atoms with E-state index in [2.05, 4.69) is 15.6 Å². The van der Waals surface area contributed by atoms with E-state index in [0.717, 1.165) is 13.0 Å². The Labute approximate surface area is 110 Å². The van der Waals surface area contributed by atoms with Gasteiger partial charge in [-0.2, -0.15) is 0 Å². The standard InChI is InChI=1S/C12H15N5O2/c13-10-3-2-9(12(18)19)8-11(10)14-4-1-6-17-7-5-15-16-17/h2-3,5,7-8,14H,1,4,6,13H2,(H,18,19). The lowest BCUT2D eigenvalue weighted by molar-refractivity contribution is 0.0697. The molecule has 0 unspecified atom stereocenters. The van der Waals surface area contributed by atoms with Gasteiger partial charge in [0, 0.05) is 19.3 Å². The maximum Gasteiger partial charge on any atom is 0.335 e. The molecule has 1 heterocycles. The predicted octanol–water partition coefficient (Wildman–Crippen LogP) is 1.06. The average molecular weight is 261 g/mol. The summed E-state index contributed by atoms with van der Waals surface area (Å²) in [5.74, 6) is -0.967. The largest absolute Gasteiger partial charge is 0.478 e. The molecular weight excluding hydrogens is 246 g/mol. The summed E-state index contributed by atoms with van der Waals surface area (Å²) in [7, 11) is 0. The molecule has 0 spiro atoms. The fourth-order valence-electron chi connectivity index (χ4n) is 1.66. The van der Waals surface area contributed by atoms with Crippen LogP contribution in [-0.4, -0.2) is 32.6 Å². The third-order valence-electron chi connectivity index (χ3n) is 2.65. The predicted molar refractivity (Wildman–Crippen MR) is 70.9 cm³/mol. The number of nitrogen functional groups attached to an aromatic ring is 1. The van der Waals surface area contributed by atoms with Crippen molar-refractivity contribution in [2.45, 2.75) is 13.0 Å². The zero-order chi connectivity index (χ0) is 13.7. The van der Waals surface area contributed by atoms with E-state index in [1.807, 2.05) is 0 Å². The van der Waals surface area contributed by atoms with Gasteiger partial charge in [-0.05, 0) is 24.6 Å². The molecule has 2 rings (SSSR count). The Morgan fingerprint density at radius 2 is 2.32 bits per heavy atom. The van der Waals surface area contributed by atoms with E-state index in [4.69, 9.17) is 10.8 Å². The van der Waals surface area contributed by atoms with E-state index < -0.39 is 5.97 Å². The molecule has 7 heteroatoms. The number of aromatic carboxylic acids is 1. The molecule has 4 N–H and O–H groups in total. The van der Waals surface area contributed by atoms with Crippen molar-refractivity contribution in [3.63, 3.8) is 0 Å². The van der Waals surface area contributed by atoms with Crippen molar-refractivity contribution >= 4 is 17.3 Å². The number of carbonyl (C=O) groups is 1. The molecule has 0 atom stereocenters. The molecular formula is C12H15N5O2. The molecule has 19 heavy (non-hydrogen) atoms. The van der Waals surface area contributed by atoms with Crippen molar-refractivity contribution in [2.24, 2.45) is 0 Å². The van der Waals surface area contributed by atoms with Gasteiger partial charge in [0.1, 0.15) is 0 Å². The molecule has 100 valence electrons. The topological polar surface area (TPSA) is 106 Å². The summed E-state index contributed by atoms with van der Waals surface area (Å²) in [6.07, 6.45) is 4.25. The Kier molecular flexibility index (Phi) is 3.97. The SMILES string of the molecule is Nc1ccc(C(=O)O)cc1NCCCn1ccnn1. The number of aryl methyl sites for hydroxylation is 1. The number of carboxylic acids is 1. The van der Waals surface area contributed by atoms with E-state index in [-0.39, 0.29) is 5.56 Å². The number of hydrogen-bond donors (Lipinski definition) is 3. The summed E-state index contributed by atoms with van der Waals surface area (Å²) in [4.78, 5) is 10.9. The number of nitrogens with two attached hydrogens (primary N) is 1. The summed E-state index contributed by atoms with van der Waals surface area (Å²) >= 11 is 0. The minimum Gasteiger partial charge on any atom is -0.478 e. The Morgan fingerprint density at radius 1 is 1.47 bits per heavy atom. The van der Waals surface area contributed by atoms with Crippen molar-refractivity contribution in [3.05, 3.63) is 36.2 Å². The Balaban J connectivity index is 1.88. The van der Waals surface area contributed by atoms with Crippen LogP contribution in [0.2, 0.25) is 0 Å². The van der Waals surface area contributed by atoms with E-state index in [1.165, 1.54) is 12.1 Å². The smallest absolute Gasteiger partial charge is 0.335 e.